The molecule has 0 atom stereocenters. The number of rotatable bonds is 7. The maximum Gasteiger partial charge on any atom is 0.234 e. The Morgan fingerprint density at radius 2 is 1.87 bits per heavy atom. The standard InChI is InChI=1S/C23H24N2O5S/c1-4-14-9-15-10-20-21(30-8-7-29-20)12-17(15)25-23(14)31-13-22(26)24-18-11-16(27-2)5-6-19(18)28-3/h5-6,9-12H,4,7-8,13H2,1-3H3,(H,24,26). The molecule has 1 aliphatic rings. The maximum atomic E-state index is 12.6. The number of aromatic nitrogens is 1. The minimum absolute atomic E-state index is 0.150. The van der Waals surface area contributed by atoms with E-state index >= 15 is 0 Å². The van der Waals surface area contributed by atoms with E-state index < -0.39 is 0 Å². The molecule has 162 valence electrons. The Labute approximate surface area is 185 Å². The number of methoxy groups -OCH3 is 2. The monoisotopic (exact) mass is 440 g/mol. The van der Waals surface area contributed by atoms with E-state index in [9.17, 15) is 4.79 Å². The number of anilines is 1. The molecular weight excluding hydrogens is 416 g/mol. The number of pyridine rings is 1. The zero-order valence-electron chi connectivity index (χ0n) is 17.7. The Kier molecular flexibility index (Phi) is 6.36. The fourth-order valence-electron chi connectivity index (χ4n) is 3.35. The molecule has 1 N–H and O–H groups in total. The van der Waals surface area contributed by atoms with Crippen LogP contribution in [0.5, 0.6) is 23.0 Å². The fraction of sp³-hybridized carbons (Fsp3) is 0.304. The van der Waals surface area contributed by atoms with Crippen molar-refractivity contribution in [3.63, 3.8) is 0 Å². The molecule has 1 amide bonds. The Bertz CT molecular complexity index is 1120. The van der Waals surface area contributed by atoms with Crippen molar-refractivity contribution in [3.8, 4) is 23.0 Å². The van der Waals surface area contributed by atoms with Gasteiger partial charge in [0.05, 0.1) is 31.2 Å². The van der Waals surface area contributed by atoms with Crippen molar-refractivity contribution in [2.75, 3.05) is 38.5 Å². The Balaban J connectivity index is 1.52. The van der Waals surface area contributed by atoms with Crippen molar-refractivity contribution in [1.29, 1.82) is 0 Å². The highest BCUT2D eigenvalue weighted by Gasteiger charge is 2.16. The SMILES string of the molecule is CCc1cc2cc3c(cc2nc1SCC(=O)Nc1cc(OC)ccc1OC)OCCO3. The zero-order valence-corrected chi connectivity index (χ0v) is 18.5. The van der Waals surface area contributed by atoms with Crippen LogP contribution < -0.4 is 24.3 Å². The second kappa shape index (κ2) is 9.34. The topological polar surface area (TPSA) is 78.9 Å². The quantitative estimate of drug-likeness (QED) is 0.548. The van der Waals surface area contributed by atoms with Gasteiger partial charge < -0.3 is 24.3 Å². The molecule has 0 radical (unpaired) electrons. The zero-order chi connectivity index (χ0) is 21.8. The molecule has 0 aliphatic carbocycles. The second-order valence-corrected chi connectivity index (χ2v) is 7.86. The second-order valence-electron chi connectivity index (χ2n) is 6.90. The number of carbonyl (C=O) groups excluding carboxylic acids is 1. The van der Waals surface area contributed by atoms with Gasteiger partial charge in [0.25, 0.3) is 0 Å². The third-order valence-electron chi connectivity index (χ3n) is 4.92. The lowest BCUT2D eigenvalue weighted by Crippen LogP contribution is -2.15. The fourth-order valence-corrected chi connectivity index (χ4v) is 4.24. The van der Waals surface area contributed by atoms with E-state index in [1.54, 1.807) is 32.4 Å². The van der Waals surface area contributed by atoms with Gasteiger partial charge >= 0.3 is 0 Å². The Morgan fingerprint density at radius 1 is 1.10 bits per heavy atom. The van der Waals surface area contributed by atoms with Gasteiger partial charge in [-0.15, -0.1) is 0 Å². The van der Waals surface area contributed by atoms with Crippen molar-refractivity contribution in [2.24, 2.45) is 0 Å². The molecule has 0 spiro atoms. The lowest BCUT2D eigenvalue weighted by atomic mass is 10.1. The number of carbonyl (C=O) groups is 1. The largest absolute Gasteiger partial charge is 0.497 e. The number of hydrogen-bond acceptors (Lipinski definition) is 7. The highest BCUT2D eigenvalue weighted by Crippen LogP contribution is 2.36. The first-order valence-corrected chi connectivity index (χ1v) is 11.0. The van der Waals surface area contributed by atoms with E-state index in [-0.39, 0.29) is 11.7 Å². The number of fused-ring (bicyclic) bond motifs is 2. The van der Waals surface area contributed by atoms with E-state index in [1.165, 1.54) is 11.8 Å². The van der Waals surface area contributed by atoms with Crippen molar-refractivity contribution in [1.82, 2.24) is 4.98 Å². The summed E-state index contributed by atoms with van der Waals surface area (Å²) in [5.41, 5.74) is 2.47. The minimum Gasteiger partial charge on any atom is -0.497 e. The average molecular weight is 441 g/mol. The summed E-state index contributed by atoms with van der Waals surface area (Å²) in [6.07, 6.45) is 0.811. The van der Waals surface area contributed by atoms with Crippen LogP contribution in [0.2, 0.25) is 0 Å². The summed E-state index contributed by atoms with van der Waals surface area (Å²) < 4.78 is 21.9. The van der Waals surface area contributed by atoms with Crippen LogP contribution in [0.1, 0.15) is 12.5 Å². The Hall–Kier alpha value is -3.13. The van der Waals surface area contributed by atoms with Crippen LogP contribution in [0.4, 0.5) is 5.69 Å². The summed E-state index contributed by atoms with van der Waals surface area (Å²) in [5, 5.41) is 4.72. The first kappa shape index (κ1) is 21.1. The summed E-state index contributed by atoms with van der Waals surface area (Å²) in [4.78, 5) is 17.4. The molecule has 0 saturated heterocycles. The third-order valence-corrected chi connectivity index (χ3v) is 5.95. The van der Waals surface area contributed by atoms with Gasteiger partial charge in [0.1, 0.15) is 29.7 Å². The van der Waals surface area contributed by atoms with Gasteiger partial charge in [-0.3, -0.25) is 4.79 Å². The van der Waals surface area contributed by atoms with E-state index in [0.29, 0.717) is 36.1 Å². The van der Waals surface area contributed by atoms with E-state index in [4.69, 9.17) is 23.9 Å². The molecule has 0 saturated carbocycles. The molecule has 3 aromatic rings. The molecule has 0 fully saturated rings. The number of amides is 1. The first-order chi connectivity index (χ1) is 15.1. The molecule has 0 unspecified atom stereocenters. The highest BCUT2D eigenvalue weighted by atomic mass is 32.2. The molecule has 1 aliphatic heterocycles. The molecule has 2 heterocycles. The minimum atomic E-state index is -0.150. The van der Waals surface area contributed by atoms with Crippen LogP contribution in [0.25, 0.3) is 10.9 Å². The summed E-state index contributed by atoms with van der Waals surface area (Å²) in [5.74, 6) is 2.73. The summed E-state index contributed by atoms with van der Waals surface area (Å²) >= 11 is 1.41. The summed E-state index contributed by atoms with van der Waals surface area (Å²) in [6, 6.07) is 11.2. The van der Waals surface area contributed by atoms with Crippen LogP contribution >= 0.6 is 11.8 Å². The lowest BCUT2D eigenvalue weighted by Gasteiger charge is -2.19. The van der Waals surface area contributed by atoms with Gasteiger partial charge in [-0.2, -0.15) is 0 Å². The van der Waals surface area contributed by atoms with Gasteiger partial charge in [-0.05, 0) is 36.2 Å². The number of aryl methyl sites for hydroxylation is 1. The normalized spacial score (nSPS) is 12.5. The number of nitrogens with one attached hydrogen (secondary N) is 1. The molecule has 8 heteroatoms. The van der Waals surface area contributed by atoms with Crippen LogP contribution in [0.15, 0.2) is 41.4 Å². The summed E-state index contributed by atoms with van der Waals surface area (Å²) in [7, 11) is 3.14. The molecular formula is C23H24N2O5S. The van der Waals surface area contributed by atoms with Gasteiger partial charge in [-0.25, -0.2) is 4.98 Å². The average Bonchev–Trinajstić information content (AvgIpc) is 2.80. The highest BCUT2D eigenvalue weighted by molar-refractivity contribution is 8.00. The van der Waals surface area contributed by atoms with Crippen LogP contribution in [-0.2, 0) is 11.2 Å². The molecule has 1 aromatic heterocycles. The van der Waals surface area contributed by atoms with Crippen molar-refractivity contribution in [3.05, 3.63) is 42.0 Å². The summed E-state index contributed by atoms with van der Waals surface area (Å²) in [6.45, 7) is 3.15. The molecule has 4 rings (SSSR count). The van der Waals surface area contributed by atoms with Crippen molar-refractivity contribution in [2.45, 2.75) is 18.4 Å². The molecule has 0 bridgehead atoms. The van der Waals surface area contributed by atoms with Crippen LogP contribution in [0, 0.1) is 0 Å². The van der Waals surface area contributed by atoms with Crippen LogP contribution in [0.3, 0.4) is 0 Å². The number of ether oxygens (including phenoxy) is 4. The van der Waals surface area contributed by atoms with E-state index in [1.807, 2.05) is 12.1 Å². The molecule has 31 heavy (non-hydrogen) atoms. The predicted molar refractivity (Wildman–Crippen MR) is 121 cm³/mol. The van der Waals surface area contributed by atoms with Crippen molar-refractivity contribution < 1.29 is 23.7 Å². The lowest BCUT2D eigenvalue weighted by molar-refractivity contribution is -0.113. The number of hydrogen-bond donors (Lipinski definition) is 1. The number of thioether (sulfide) groups is 1. The Morgan fingerprint density at radius 3 is 2.58 bits per heavy atom. The van der Waals surface area contributed by atoms with Gasteiger partial charge in [-0.1, -0.05) is 18.7 Å². The van der Waals surface area contributed by atoms with E-state index in [2.05, 4.69) is 18.3 Å². The molecule has 7 nitrogen and oxygen atoms in total. The van der Waals surface area contributed by atoms with Gasteiger partial charge in [0.2, 0.25) is 5.91 Å². The molecule has 2 aromatic carbocycles. The van der Waals surface area contributed by atoms with Gasteiger partial charge in [0, 0.05) is 17.5 Å². The van der Waals surface area contributed by atoms with Crippen molar-refractivity contribution >= 4 is 34.3 Å². The van der Waals surface area contributed by atoms with Gasteiger partial charge in [0.15, 0.2) is 11.5 Å². The third kappa shape index (κ3) is 4.64. The van der Waals surface area contributed by atoms with E-state index in [0.717, 1.165) is 33.7 Å². The maximum absolute atomic E-state index is 12.6. The number of nitrogens with zero attached hydrogens (tertiary/aromatic N) is 1. The first-order valence-electron chi connectivity index (χ1n) is 9.99. The predicted octanol–water partition coefficient (Wildman–Crippen LogP) is 4.32. The smallest absolute Gasteiger partial charge is 0.234 e. The van der Waals surface area contributed by atoms with Crippen LogP contribution in [-0.4, -0.2) is 44.1 Å². The number of benzene rings is 2.